The second-order valence-corrected chi connectivity index (χ2v) is 7.37. The molecule has 4 heteroatoms. The third kappa shape index (κ3) is 3.33. The van der Waals surface area contributed by atoms with Gasteiger partial charge in [0.05, 0.1) is 4.47 Å². The van der Waals surface area contributed by atoms with Gasteiger partial charge < -0.3 is 5.73 Å². The second kappa shape index (κ2) is 6.76. The van der Waals surface area contributed by atoms with E-state index in [1.54, 1.807) is 12.1 Å². The fourth-order valence-corrected chi connectivity index (χ4v) is 4.37. The van der Waals surface area contributed by atoms with Crippen LogP contribution in [0.4, 0.5) is 4.39 Å². The molecule has 1 aromatic rings. The van der Waals surface area contributed by atoms with Crippen molar-refractivity contribution in [1.29, 1.82) is 0 Å². The summed E-state index contributed by atoms with van der Waals surface area (Å²) in [6.07, 6.45) is 6.81. The van der Waals surface area contributed by atoms with E-state index >= 15 is 0 Å². The topological polar surface area (TPSA) is 29.3 Å². The molecule has 0 bridgehead atoms. The lowest BCUT2D eigenvalue weighted by Crippen LogP contribution is -2.45. The number of hydrogen-bond acceptors (Lipinski definition) is 2. The normalized spacial score (nSPS) is 28.1. The Hall–Kier alpha value is -0.450. The summed E-state index contributed by atoms with van der Waals surface area (Å²) in [5.41, 5.74) is 7.02. The lowest BCUT2D eigenvalue weighted by molar-refractivity contribution is 0.0585. The average molecular weight is 355 g/mol. The van der Waals surface area contributed by atoms with Gasteiger partial charge in [0.25, 0.3) is 0 Å². The molecule has 1 aromatic carbocycles. The van der Waals surface area contributed by atoms with Crippen LogP contribution in [-0.2, 0) is 0 Å². The Morgan fingerprint density at radius 2 is 2.00 bits per heavy atom. The first-order chi connectivity index (χ1) is 10.2. The van der Waals surface area contributed by atoms with Crippen molar-refractivity contribution >= 4 is 15.9 Å². The van der Waals surface area contributed by atoms with E-state index in [1.165, 1.54) is 32.1 Å². The van der Waals surface area contributed by atoms with Crippen LogP contribution in [0.1, 0.15) is 43.7 Å². The molecule has 3 atom stereocenters. The summed E-state index contributed by atoms with van der Waals surface area (Å²) in [6, 6.07) is 5.57. The van der Waals surface area contributed by atoms with Crippen molar-refractivity contribution in [2.75, 3.05) is 19.6 Å². The van der Waals surface area contributed by atoms with Crippen LogP contribution in [0.5, 0.6) is 0 Å². The number of benzene rings is 1. The maximum atomic E-state index is 13.8. The molecule has 0 aromatic heterocycles. The Balaban J connectivity index is 1.75. The molecule has 2 N–H and O–H groups in total. The molecule has 1 aliphatic heterocycles. The predicted molar refractivity (Wildman–Crippen MR) is 87.5 cm³/mol. The summed E-state index contributed by atoms with van der Waals surface area (Å²) >= 11 is 3.22. The molecule has 2 nitrogen and oxygen atoms in total. The second-order valence-electron chi connectivity index (χ2n) is 6.51. The predicted octanol–water partition coefficient (Wildman–Crippen LogP) is 4.10. The highest BCUT2D eigenvalue weighted by molar-refractivity contribution is 9.10. The average Bonchev–Trinajstić information content (AvgIpc) is 2.51. The van der Waals surface area contributed by atoms with Crippen LogP contribution in [0.25, 0.3) is 0 Å². The van der Waals surface area contributed by atoms with Crippen molar-refractivity contribution in [3.63, 3.8) is 0 Å². The number of likely N-dealkylation sites (tertiary alicyclic amines) is 1. The smallest absolute Gasteiger partial charge is 0.137 e. The Morgan fingerprint density at radius 1 is 1.24 bits per heavy atom. The molecular weight excluding hydrogens is 331 g/mol. The van der Waals surface area contributed by atoms with E-state index in [0.717, 1.165) is 30.5 Å². The van der Waals surface area contributed by atoms with Gasteiger partial charge in [0.2, 0.25) is 0 Å². The monoisotopic (exact) mass is 354 g/mol. The van der Waals surface area contributed by atoms with E-state index in [9.17, 15) is 4.39 Å². The van der Waals surface area contributed by atoms with Gasteiger partial charge in [0.15, 0.2) is 0 Å². The van der Waals surface area contributed by atoms with Crippen molar-refractivity contribution in [2.45, 2.75) is 38.1 Å². The summed E-state index contributed by atoms with van der Waals surface area (Å²) in [7, 11) is 0. The standard InChI is InChI=1S/C17H24BrFN2/c18-15-6-5-13(9-16(15)19)17(10-20)21-8-7-12-3-1-2-4-14(12)11-21/h5-6,9,12,14,17H,1-4,7-8,10-11,20H2. The van der Waals surface area contributed by atoms with E-state index < -0.39 is 0 Å². The van der Waals surface area contributed by atoms with E-state index in [0.29, 0.717) is 11.0 Å². The highest BCUT2D eigenvalue weighted by Crippen LogP contribution is 2.38. The number of rotatable bonds is 3. The molecule has 0 radical (unpaired) electrons. The zero-order valence-corrected chi connectivity index (χ0v) is 14.0. The zero-order valence-electron chi connectivity index (χ0n) is 12.4. The van der Waals surface area contributed by atoms with Crippen molar-refractivity contribution in [2.24, 2.45) is 17.6 Å². The molecule has 2 aliphatic rings. The molecular formula is C17H24BrFN2. The minimum atomic E-state index is -0.196. The summed E-state index contributed by atoms with van der Waals surface area (Å²) in [5.74, 6) is 1.54. The molecule has 1 aliphatic carbocycles. The van der Waals surface area contributed by atoms with Crippen LogP contribution >= 0.6 is 15.9 Å². The molecule has 1 saturated carbocycles. The van der Waals surface area contributed by atoms with Crippen molar-refractivity contribution in [1.82, 2.24) is 4.90 Å². The minimum absolute atomic E-state index is 0.149. The number of piperidine rings is 1. The molecule has 3 rings (SSSR count). The van der Waals surface area contributed by atoms with Gasteiger partial charge in [0.1, 0.15) is 5.82 Å². The van der Waals surface area contributed by atoms with Crippen LogP contribution in [0.15, 0.2) is 22.7 Å². The Labute approximate surface area is 135 Å². The van der Waals surface area contributed by atoms with Crippen LogP contribution < -0.4 is 5.73 Å². The minimum Gasteiger partial charge on any atom is -0.329 e. The molecule has 2 fully saturated rings. The summed E-state index contributed by atoms with van der Waals surface area (Å²) < 4.78 is 14.3. The molecule has 1 heterocycles. The zero-order chi connectivity index (χ0) is 14.8. The molecule has 0 spiro atoms. The number of fused-ring (bicyclic) bond motifs is 1. The SMILES string of the molecule is NCC(c1ccc(Br)c(F)c1)N1CCC2CCCCC2C1. The molecule has 3 unspecified atom stereocenters. The van der Waals surface area contributed by atoms with Gasteiger partial charge in [-0.3, -0.25) is 4.90 Å². The Kier molecular flexibility index (Phi) is 4.97. The molecule has 1 saturated heterocycles. The first kappa shape index (κ1) is 15.4. The summed E-state index contributed by atoms with van der Waals surface area (Å²) in [6.45, 7) is 2.78. The largest absolute Gasteiger partial charge is 0.329 e. The fourth-order valence-electron chi connectivity index (χ4n) is 4.13. The van der Waals surface area contributed by atoms with Crippen molar-refractivity contribution in [3.8, 4) is 0 Å². The van der Waals surface area contributed by atoms with Gasteiger partial charge in [-0.2, -0.15) is 0 Å². The quantitative estimate of drug-likeness (QED) is 0.885. The lowest BCUT2D eigenvalue weighted by Gasteiger charge is -2.44. The van der Waals surface area contributed by atoms with Gasteiger partial charge in [-0.25, -0.2) is 4.39 Å². The van der Waals surface area contributed by atoms with Crippen LogP contribution in [0, 0.1) is 17.7 Å². The Morgan fingerprint density at radius 3 is 2.71 bits per heavy atom. The highest BCUT2D eigenvalue weighted by atomic mass is 79.9. The fraction of sp³-hybridized carbons (Fsp3) is 0.647. The van der Waals surface area contributed by atoms with E-state index in [4.69, 9.17) is 5.73 Å². The van der Waals surface area contributed by atoms with E-state index in [2.05, 4.69) is 20.8 Å². The third-order valence-corrected chi connectivity index (χ3v) is 5.96. The first-order valence-electron chi connectivity index (χ1n) is 8.08. The maximum Gasteiger partial charge on any atom is 0.137 e. The van der Waals surface area contributed by atoms with Crippen LogP contribution in [-0.4, -0.2) is 24.5 Å². The highest BCUT2D eigenvalue weighted by Gasteiger charge is 2.33. The number of hydrogen-bond donors (Lipinski definition) is 1. The van der Waals surface area contributed by atoms with E-state index in [1.807, 2.05) is 6.07 Å². The lowest BCUT2D eigenvalue weighted by atomic mass is 9.74. The molecule has 0 amide bonds. The van der Waals surface area contributed by atoms with Gasteiger partial charge in [0, 0.05) is 19.1 Å². The van der Waals surface area contributed by atoms with Crippen molar-refractivity contribution in [3.05, 3.63) is 34.1 Å². The number of halogens is 2. The van der Waals surface area contributed by atoms with Gasteiger partial charge in [-0.1, -0.05) is 25.3 Å². The first-order valence-corrected chi connectivity index (χ1v) is 8.87. The number of nitrogens with two attached hydrogens (primary N) is 1. The van der Waals surface area contributed by atoms with Gasteiger partial charge in [-0.05, 0) is 64.8 Å². The maximum absolute atomic E-state index is 13.8. The van der Waals surface area contributed by atoms with Crippen LogP contribution in [0.3, 0.4) is 0 Å². The summed E-state index contributed by atoms with van der Waals surface area (Å²) in [4.78, 5) is 2.48. The van der Waals surface area contributed by atoms with Crippen molar-refractivity contribution < 1.29 is 4.39 Å². The molecule has 21 heavy (non-hydrogen) atoms. The Bertz CT molecular complexity index is 494. The van der Waals surface area contributed by atoms with E-state index in [-0.39, 0.29) is 11.9 Å². The van der Waals surface area contributed by atoms with Crippen LogP contribution in [0.2, 0.25) is 0 Å². The number of nitrogens with zero attached hydrogens (tertiary/aromatic N) is 1. The summed E-state index contributed by atoms with van der Waals surface area (Å²) in [5, 5.41) is 0. The van der Waals surface area contributed by atoms with Gasteiger partial charge in [-0.15, -0.1) is 0 Å². The third-order valence-electron chi connectivity index (χ3n) is 5.32. The van der Waals surface area contributed by atoms with Gasteiger partial charge >= 0.3 is 0 Å². The molecule has 116 valence electrons.